The molecule has 0 saturated carbocycles. The maximum absolute atomic E-state index is 4.51. The fraction of sp³-hybridized carbons (Fsp3) is 0.375. The SMILES string of the molecule is CCCNc1cc(C)nc(Nc2ccccc2CC)n1. The molecule has 0 radical (unpaired) electrons. The Labute approximate surface area is 120 Å². The summed E-state index contributed by atoms with van der Waals surface area (Å²) in [6.07, 6.45) is 2.06. The number of para-hydroxylation sites is 1. The molecule has 20 heavy (non-hydrogen) atoms. The zero-order chi connectivity index (χ0) is 14.4. The van der Waals surface area contributed by atoms with Crippen molar-refractivity contribution in [1.82, 2.24) is 9.97 Å². The van der Waals surface area contributed by atoms with Gasteiger partial charge in [0, 0.05) is 24.0 Å². The van der Waals surface area contributed by atoms with Crippen LogP contribution < -0.4 is 10.6 Å². The molecule has 2 rings (SSSR count). The van der Waals surface area contributed by atoms with E-state index in [1.54, 1.807) is 0 Å². The number of aryl methyl sites for hydroxylation is 2. The van der Waals surface area contributed by atoms with Gasteiger partial charge in [-0.3, -0.25) is 0 Å². The lowest BCUT2D eigenvalue weighted by Crippen LogP contribution is -2.06. The normalized spacial score (nSPS) is 10.3. The molecule has 0 bridgehead atoms. The van der Waals surface area contributed by atoms with Gasteiger partial charge in [-0.2, -0.15) is 4.98 Å². The minimum Gasteiger partial charge on any atom is -0.370 e. The van der Waals surface area contributed by atoms with Crippen LogP contribution in [0.1, 0.15) is 31.5 Å². The lowest BCUT2D eigenvalue weighted by Gasteiger charge is -2.11. The van der Waals surface area contributed by atoms with Gasteiger partial charge in [-0.25, -0.2) is 4.98 Å². The van der Waals surface area contributed by atoms with E-state index in [1.165, 1.54) is 5.56 Å². The second kappa shape index (κ2) is 6.89. The first-order valence-corrected chi connectivity index (χ1v) is 7.17. The van der Waals surface area contributed by atoms with Crippen LogP contribution in [0.4, 0.5) is 17.5 Å². The molecule has 0 unspecified atom stereocenters. The maximum Gasteiger partial charge on any atom is 0.229 e. The molecule has 2 aromatic rings. The molecular formula is C16H22N4. The number of hydrogen-bond acceptors (Lipinski definition) is 4. The van der Waals surface area contributed by atoms with Gasteiger partial charge in [0.2, 0.25) is 5.95 Å². The molecule has 1 heterocycles. The van der Waals surface area contributed by atoms with Crippen LogP contribution >= 0.6 is 0 Å². The van der Waals surface area contributed by atoms with Crippen molar-refractivity contribution in [2.75, 3.05) is 17.2 Å². The van der Waals surface area contributed by atoms with Crippen LogP contribution in [0.5, 0.6) is 0 Å². The Morgan fingerprint density at radius 1 is 1.10 bits per heavy atom. The molecule has 0 aliphatic heterocycles. The van der Waals surface area contributed by atoms with Gasteiger partial charge in [-0.1, -0.05) is 32.0 Å². The summed E-state index contributed by atoms with van der Waals surface area (Å²) in [5.41, 5.74) is 3.29. The van der Waals surface area contributed by atoms with Crippen molar-refractivity contribution < 1.29 is 0 Å². The van der Waals surface area contributed by atoms with Gasteiger partial charge in [0.1, 0.15) is 5.82 Å². The van der Waals surface area contributed by atoms with E-state index in [1.807, 2.05) is 19.1 Å². The second-order valence-corrected chi connectivity index (χ2v) is 4.78. The molecule has 0 spiro atoms. The quantitative estimate of drug-likeness (QED) is 0.835. The highest BCUT2D eigenvalue weighted by molar-refractivity contribution is 5.59. The van der Waals surface area contributed by atoms with E-state index in [9.17, 15) is 0 Å². The van der Waals surface area contributed by atoms with Crippen LogP contribution in [0.25, 0.3) is 0 Å². The summed E-state index contributed by atoms with van der Waals surface area (Å²) in [4.78, 5) is 8.96. The van der Waals surface area contributed by atoms with Crippen LogP contribution in [-0.4, -0.2) is 16.5 Å². The third-order valence-corrected chi connectivity index (χ3v) is 3.06. The fourth-order valence-electron chi connectivity index (χ4n) is 2.04. The van der Waals surface area contributed by atoms with Crippen molar-refractivity contribution in [1.29, 1.82) is 0 Å². The highest BCUT2D eigenvalue weighted by atomic mass is 15.1. The number of nitrogens with zero attached hydrogens (tertiary/aromatic N) is 2. The van der Waals surface area contributed by atoms with Crippen molar-refractivity contribution in [3.8, 4) is 0 Å². The average molecular weight is 270 g/mol. The molecule has 0 saturated heterocycles. The van der Waals surface area contributed by atoms with E-state index in [0.717, 1.165) is 36.6 Å². The van der Waals surface area contributed by atoms with E-state index in [0.29, 0.717) is 5.95 Å². The molecule has 0 amide bonds. The van der Waals surface area contributed by atoms with E-state index in [-0.39, 0.29) is 0 Å². The van der Waals surface area contributed by atoms with Crippen molar-refractivity contribution in [2.24, 2.45) is 0 Å². The molecule has 0 fully saturated rings. The Morgan fingerprint density at radius 3 is 2.65 bits per heavy atom. The molecule has 0 aliphatic carbocycles. The minimum atomic E-state index is 0.643. The average Bonchev–Trinajstić information content (AvgIpc) is 2.45. The van der Waals surface area contributed by atoms with Crippen molar-refractivity contribution >= 4 is 17.5 Å². The van der Waals surface area contributed by atoms with Gasteiger partial charge in [0.05, 0.1) is 0 Å². The number of aromatic nitrogens is 2. The summed E-state index contributed by atoms with van der Waals surface area (Å²) in [6.45, 7) is 7.18. The molecule has 4 heteroatoms. The number of benzene rings is 1. The first-order chi connectivity index (χ1) is 9.72. The predicted molar refractivity (Wildman–Crippen MR) is 84.7 cm³/mol. The summed E-state index contributed by atoms with van der Waals surface area (Å²) < 4.78 is 0. The third kappa shape index (κ3) is 3.70. The molecule has 1 aromatic carbocycles. The molecular weight excluding hydrogens is 248 g/mol. The highest BCUT2D eigenvalue weighted by Gasteiger charge is 2.05. The smallest absolute Gasteiger partial charge is 0.229 e. The Kier molecular flexibility index (Phi) is 4.93. The summed E-state index contributed by atoms with van der Waals surface area (Å²) in [7, 11) is 0. The van der Waals surface area contributed by atoms with Gasteiger partial charge in [0.15, 0.2) is 0 Å². The first-order valence-electron chi connectivity index (χ1n) is 7.17. The van der Waals surface area contributed by atoms with Crippen LogP contribution in [0, 0.1) is 6.92 Å². The first kappa shape index (κ1) is 14.3. The number of nitrogens with one attached hydrogen (secondary N) is 2. The standard InChI is InChI=1S/C16H22N4/c1-4-10-17-15-11-12(3)18-16(20-15)19-14-9-7-6-8-13(14)5-2/h6-9,11H,4-5,10H2,1-3H3,(H2,17,18,19,20). The van der Waals surface area contributed by atoms with Crippen LogP contribution in [0.2, 0.25) is 0 Å². The number of anilines is 3. The molecule has 0 aliphatic rings. The monoisotopic (exact) mass is 270 g/mol. The summed E-state index contributed by atoms with van der Waals surface area (Å²) >= 11 is 0. The van der Waals surface area contributed by atoms with E-state index < -0.39 is 0 Å². The molecule has 1 aromatic heterocycles. The lowest BCUT2D eigenvalue weighted by molar-refractivity contribution is 0.962. The summed E-state index contributed by atoms with van der Waals surface area (Å²) in [6, 6.07) is 10.2. The van der Waals surface area contributed by atoms with E-state index in [2.05, 4.69) is 52.6 Å². The Hall–Kier alpha value is -2.10. The zero-order valence-corrected chi connectivity index (χ0v) is 12.4. The highest BCUT2D eigenvalue weighted by Crippen LogP contribution is 2.20. The van der Waals surface area contributed by atoms with Crippen LogP contribution in [-0.2, 0) is 6.42 Å². The molecule has 4 nitrogen and oxygen atoms in total. The maximum atomic E-state index is 4.51. The third-order valence-electron chi connectivity index (χ3n) is 3.06. The number of rotatable bonds is 6. The van der Waals surface area contributed by atoms with Gasteiger partial charge >= 0.3 is 0 Å². The topological polar surface area (TPSA) is 49.8 Å². The fourth-order valence-corrected chi connectivity index (χ4v) is 2.04. The van der Waals surface area contributed by atoms with Crippen molar-refractivity contribution in [2.45, 2.75) is 33.6 Å². The van der Waals surface area contributed by atoms with Gasteiger partial charge in [-0.15, -0.1) is 0 Å². The van der Waals surface area contributed by atoms with E-state index >= 15 is 0 Å². The number of hydrogen-bond donors (Lipinski definition) is 2. The molecule has 2 N–H and O–H groups in total. The zero-order valence-electron chi connectivity index (χ0n) is 12.4. The molecule has 0 atom stereocenters. The van der Waals surface area contributed by atoms with Crippen molar-refractivity contribution in [3.63, 3.8) is 0 Å². The summed E-state index contributed by atoms with van der Waals surface area (Å²) in [5, 5.41) is 6.62. The van der Waals surface area contributed by atoms with Crippen LogP contribution in [0.15, 0.2) is 30.3 Å². The van der Waals surface area contributed by atoms with Gasteiger partial charge < -0.3 is 10.6 Å². The van der Waals surface area contributed by atoms with Gasteiger partial charge in [0.25, 0.3) is 0 Å². The second-order valence-electron chi connectivity index (χ2n) is 4.78. The van der Waals surface area contributed by atoms with Crippen LogP contribution in [0.3, 0.4) is 0 Å². The Balaban J connectivity index is 2.22. The summed E-state index contributed by atoms with van der Waals surface area (Å²) in [5.74, 6) is 1.51. The van der Waals surface area contributed by atoms with Gasteiger partial charge in [-0.05, 0) is 31.4 Å². The minimum absolute atomic E-state index is 0.643. The largest absolute Gasteiger partial charge is 0.370 e. The lowest BCUT2D eigenvalue weighted by atomic mass is 10.1. The Bertz CT molecular complexity index is 566. The molecule has 106 valence electrons. The Morgan fingerprint density at radius 2 is 1.90 bits per heavy atom. The van der Waals surface area contributed by atoms with E-state index in [4.69, 9.17) is 0 Å². The van der Waals surface area contributed by atoms with Crippen molar-refractivity contribution in [3.05, 3.63) is 41.6 Å². The predicted octanol–water partition coefficient (Wildman–Crippen LogP) is 3.91.